The van der Waals surface area contributed by atoms with Gasteiger partial charge >= 0.3 is 5.97 Å². The number of methoxy groups -OCH3 is 1. The predicted molar refractivity (Wildman–Crippen MR) is 144 cm³/mol. The summed E-state index contributed by atoms with van der Waals surface area (Å²) in [5, 5.41) is 11.7. The van der Waals surface area contributed by atoms with Crippen molar-refractivity contribution in [1.29, 1.82) is 0 Å². The molecule has 0 aromatic carbocycles. The van der Waals surface area contributed by atoms with Crippen LogP contribution in [0.1, 0.15) is 104 Å². The topological polar surface area (TPSA) is 97.2 Å². The number of carboxylic acids is 1. The molecule has 2 rings (SSSR count). The van der Waals surface area contributed by atoms with Crippen molar-refractivity contribution in [2.24, 2.45) is 0 Å². The fourth-order valence-corrected chi connectivity index (χ4v) is 3.63. The fraction of sp³-hybridized carbons (Fsp3) is 0.643. The zero-order valence-electron chi connectivity index (χ0n) is 22.3. The molecule has 0 radical (unpaired) electrons. The predicted octanol–water partition coefficient (Wildman–Crippen LogP) is 7.53. The first-order valence-electron chi connectivity index (χ1n) is 13.3. The van der Waals surface area contributed by atoms with E-state index in [0.717, 1.165) is 18.5 Å². The summed E-state index contributed by atoms with van der Waals surface area (Å²) in [6.07, 6.45) is 19.2. The Morgan fingerprint density at radius 3 is 2.03 bits per heavy atom. The third kappa shape index (κ3) is 15.0. The quantitative estimate of drug-likeness (QED) is 0.223. The van der Waals surface area contributed by atoms with Crippen LogP contribution >= 0.6 is 0 Å². The summed E-state index contributed by atoms with van der Waals surface area (Å²) in [5.74, 6) is 1.24. The standard InChI is InChI=1S/C15H30O2.C13H16N4O/c1-2-3-4-5-6-7-8-9-10-11-12-13-14-15(16)17;1-9(2)16-13-11(18-3)8-15-12(17-13)10-6-4-5-7-14-10/h2-14H2,1H3,(H,16,17);4-9H,1-3H3,(H,15,16,17). The molecular weight excluding hydrogens is 440 g/mol. The number of ether oxygens (including phenoxy) is 1. The van der Waals surface area contributed by atoms with Crippen LogP contribution in [0.2, 0.25) is 0 Å². The van der Waals surface area contributed by atoms with Crippen molar-refractivity contribution in [1.82, 2.24) is 15.0 Å². The molecule has 0 aliphatic carbocycles. The SMILES string of the molecule is CCCCCCCCCCCCCCC(=O)O.COc1cnc(-c2ccccn2)nc1NC(C)C. The van der Waals surface area contributed by atoms with Crippen molar-refractivity contribution in [3.05, 3.63) is 30.6 Å². The molecule has 2 aromatic heterocycles. The minimum atomic E-state index is -0.655. The highest BCUT2D eigenvalue weighted by molar-refractivity contribution is 5.66. The number of pyridine rings is 1. The van der Waals surface area contributed by atoms with Gasteiger partial charge in [-0.2, -0.15) is 0 Å². The van der Waals surface area contributed by atoms with Gasteiger partial charge in [-0.15, -0.1) is 0 Å². The maximum absolute atomic E-state index is 10.3. The molecule has 0 saturated carbocycles. The van der Waals surface area contributed by atoms with Crippen LogP contribution in [-0.4, -0.2) is 39.2 Å². The Bertz CT molecular complexity index is 800. The average molecular weight is 487 g/mol. The lowest BCUT2D eigenvalue weighted by Gasteiger charge is -2.13. The summed E-state index contributed by atoms with van der Waals surface area (Å²) in [6.45, 7) is 6.34. The van der Waals surface area contributed by atoms with E-state index in [1.807, 2.05) is 32.0 Å². The van der Waals surface area contributed by atoms with E-state index in [1.54, 1.807) is 19.5 Å². The molecule has 2 N–H and O–H groups in total. The lowest BCUT2D eigenvalue weighted by molar-refractivity contribution is -0.137. The summed E-state index contributed by atoms with van der Waals surface area (Å²) in [4.78, 5) is 23.2. The number of unbranched alkanes of at least 4 members (excludes halogenated alkanes) is 11. The van der Waals surface area contributed by atoms with Crippen molar-refractivity contribution >= 4 is 11.8 Å². The molecule has 0 unspecified atom stereocenters. The minimum Gasteiger partial charge on any atom is -0.491 e. The molecule has 196 valence electrons. The molecule has 0 aliphatic heterocycles. The number of carboxylic acid groups (broad SMARTS) is 1. The Morgan fingerprint density at radius 1 is 0.943 bits per heavy atom. The van der Waals surface area contributed by atoms with E-state index in [9.17, 15) is 4.79 Å². The van der Waals surface area contributed by atoms with Crippen LogP contribution in [-0.2, 0) is 4.79 Å². The molecule has 35 heavy (non-hydrogen) atoms. The van der Waals surface area contributed by atoms with Crippen molar-refractivity contribution in [2.75, 3.05) is 12.4 Å². The van der Waals surface area contributed by atoms with Crippen molar-refractivity contribution in [3.8, 4) is 17.3 Å². The van der Waals surface area contributed by atoms with E-state index in [0.29, 0.717) is 23.8 Å². The lowest BCUT2D eigenvalue weighted by atomic mass is 10.0. The molecule has 2 aromatic rings. The summed E-state index contributed by atoms with van der Waals surface area (Å²) in [5.41, 5.74) is 0.743. The number of aromatic nitrogens is 3. The number of anilines is 1. The zero-order valence-corrected chi connectivity index (χ0v) is 22.3. The zero-order chi connectivity index (χ0) is 25.7. The molecule has 0 saturated heterocycles. The molecule has 0 amide bonds. The second kappa shape index (κ2) is 19.6. The molecule has 2 heterocycles. The van der Waals surface area contributed by atoms with Crippen LogP contribution < -0.4 is 10.1 Å². The van der Waals surface area contributed by atoms with Gasteiger partial charge in [-0.05, 0) is 32.4 Å². The van der Waals surface area contributed by atoms with Gasteiger partial charge in [0.2, 0.25) is 0 Å². The second-order valence-corrected chi connectivity index (χ2v) is 9.16. The van der Waals surface area contributed by atoms with Gasteiger partial charge in [0.1, 0.15) is 5.69 Å². The van der Waals surface area contributed by atoms with E-state index >= 15 is 0 Å². The molecular formula is C28H46N4O3. The first-order valence-corrected chi connectivity index (χ1v) is 13.3. The normalized spacial score (nSPS) is 10.5. The van der Waals surface area contributed by atoms with Gasteiger partial charge in [0.05, 0.1) is 13.3 Å². The summed E-state index contributed by atoms with van der Waals surface area (Å²) in [7, 11) is 1.60. The fourth-order valence-electron chi connectivity index (χ4n) is 3.63. The first kappa shape index (κ1) is 30.3. The molecule has 0 bridgehead atoms. The molecule has 0 fully saturated rings. The van der Waals surface area contributed by atoms with E-state index < -0.39 is 5.97 Å². The van der Waals surface area contributed by atoms with E-state index in [2.05, 4.69) is 27.2 Å². The van der Waals surface area contributed by atoms with Crippen LogP contribution in [0, 0.1) is 0 Å². The summed E-state index contributed by atoms with van der Waals surface area (Å²) < 4.78 is 5.23. The highest BCUT2D eigenvalue weighted by Gasteiger charge is 2.10. The Balaban J connectivity index is 0.000000351. The van der Waals surface area contributed by atoms with Crippen LogP contribution in [0.25, 0.3) is 11.5 Å². The van der Waals surface area contributed by atoms with Crippen LogP contribution in [0.15, 0.2) is 30.6 Å². The van der Waals surface area contributed by atoms with Crippen molar-refractivity contribution < 1.29 is 14.6 Å². The van der Waals surface area contributed by atoms with Crippen LogP contribution in [0.3, 0.4) is 0 Å². The maximum Gasteiger partial charge on any atom is 0.303 e. The lowest BCUT2D eigenvalue weighted by Crippen LogP contribution is -2.13. The van der Waals surface area contributed by atoms with E-state index in [4.69, 9.17) is 9.84 Å². The third-order valence-electron chi connectivity index (χ3n) is 5.54. The van der Waals surface area contributed by atoms with E-state index in [1.165, 1.54) is 64.2 Å². The molecule has 0 spiro atoms. The number of nitrogens with one attached hydrogen (secondary N) is 1. The molecule has 0 aliphatic rings. The largest absolute Gasteiger partial charge is 0.491 e. The van der Waals surface area contributed by atoms with Gasteiger partial charge in [0.25, 0.3) is 0 Å². The molecule has 7 nitrogen and oxygen atoms in total. The summed E-state index contributed by atoms with van der Waals surface area (Å²) in [6, 6.07) is 5.91. The second-order valence-electron chi connectivity index (χ2n) is 9.16. The number of rotatable bonds is 17. The van der Waals surface area contributed by atoms with Crippen LogP contribution in [0.5, 0.6) is 5.75 Å². The first-order chi connectivity index (χ1) is 17.0. The van der Waals surface area contributed by atoms with Gasteiger partial charge < -0.3 is 15.2 Å². The summed E-state index contributed by atoms with van der Waals surface area (Å²) >= 11 is 0. The van der Waals surface area contributed by atoms with Gasteiger partial charge in [-0.3, -0.25) is 9.78 Å². The molecule has 0 atom stereocenters. The van der Waals surface area contributed by atoms with Gasteiger partial charge in [0.15, 0.2) is 17.4 Å². The number of nitrogens with zero attached hydrogens (tertiary/aromatic N) is 3. The Morgan fingerprint density at radius 2 is 1.54 bits per heavy atom. The van der Waals surface area contributed by atoms with Crippen molar-refractivity contribution in [3.63, 3.8) is 0 Å². The third-order valence-corrected chi connectivity index (χ3v) is 5.54. The monoisotopic (exact) mass is 486 g/mol. The number of hydrogen-bond acceptors (Lipinski definition) is 6. The molecule has 7 heteroatoms. The highest BCUT2D eigenvalue weighted by Crippen LogP contribution is 2.24. The van der Waals surface area contributed by atoms with Gasteiger partial charge in [-0.25, -0.2) is 9.97 Å². The maximum atomic E-state index is 10.3. The minimum absolute atomic E-state index is 0.269. The Kier molecular flexibility index (Phi) is 17.0. The van der Waals surface area contributed by atoms with Gasteiger partial charge in [-0.1, -0.05) is 83.6 Å². The average Bonchev–Trinajstić information content (AvgIpc) is 2.85. The van der Waals surface area contributed by atoms with Crippen LogP contribution in [0.4, 0.5) is 5.82 Å². The van der Waals surface area contributed by atoms with Crippen molar-refractivity contribution in [2.45, 2.75) is 110 Å². The highest BCUT2D eigenvalue weighted by atomic mass is 16.5. The number of hydrogen-bond donors (Lipinski definition) is 2. The Labute approximate surface area is 212 Å². The Hall–Kier alpha value is -2.70. The smallest absolute Gasteiger partial charge is 0.303 e. The number of carbonyl (C=O) groups is 1. The number of aliphatic carboxylic acids is 1. The van der Waals surface area contributed by atoms with Gasteiger partial charge in [0, 0.05) is 18.7 Å². The van der Waals surface area contributed by atoms with E-state index in [-0.39, 0.29) is 6.04 Å².